The van der Waals surface area contributed by atoms with Gasteiger partial charge in [-0.3, -0.25) is 9.59 Å². The third-order valence-corrected chi connectivity index (χ3v) is 4.75. The number of rotatable bonds is 5. The van der Waals surface area contributed by atoms with E-state index in [0.29, 0.717) is 31.0 Å². The fourth-order valence-electron chi connectivity index (χ4n) is 3.48. The van der Waals surface area contributed by atoms with E-state index in [2.05, 4.69) is 0 Å². The lowest BCUT2D eigenvalue weighted by Gasteiger charge is -2.34. The van der Waals surface area contributed by atoms with Crippen molar-refractivity contribution in [2.24, 2.45) is 11.6 Å². The fraction of sp³-hybridized carbons (Fsp3) is 0.300. The summed E-state index contributed by atoms with van der Waals surface area (Å²) in [4.78, 5) is 24.5. The summed E-state index contributed by atoms with van der Waals surface area (Å²) < 4.78 is 4.78. The van der Waals surface area contributed by atoms with Gasteiger partial charge in [0, 0.05) is 23.8 Å². The van der Waals surface area contributed by atoms with Gasteiger partial charge in [0.05, 0.1) is 24.5 Å². The zero-order valence-electron chi connectivity index (χ0n) is 15.4. The Balaban J connectivity index is 2.15. The van der Waals surface area contributed by atoms with Gasteiger partial charge in [-0.05, 0) is 18.4 Å². The molecule has 2 aliphatic rings. The van der Waals surface area contributed by atoms with Crippen molar-refractivity contribution < 1.29 is 14.3 Å². The Morgan fingerprint density at radius 2 is 2.04 bits per heavy atom. The summed E-state index contributed by atoms with van der Waals surface area (Å²) in [7, 11) is 0. The van der Waals surface area contributed by atoms with Crippen LogP contribution in [0.5, 0.6) is 0 Å². The number of nitrogens with zero attached hydrogens (tertiary/aromatic N) is 2. The molecule has 1 aliphatic heterocycles. The van der Waals surface area contributed by atoms with E-state index >= 15 is 0 Å². The Bertz CT molecular complexity index is 841. The summed E-state index contributed by atoms with van der Waals surface area (Å²) in [5, 5.41) is 1.51. The standard InChI is InChI=1S/C20H24N4O3/c1-14(26)23-12-15-6-2-3-7-16(15)20(24(22)10-11-27-13-25)19(21)17-8-4-5-9-18(17)23/h2-3,6-9,13H,4-5,10-12,21-22H2,1H3/b20-19-. The molecule has 0 unspecified atom stereocenters. The van der Waals surface area contributed by atoms with Gasteiger partial charge in [0.2, 0.25) is 5.91 Å². The van der Waals surface area contributed by atoms with Crippen LogP contribution < -0.4 is 11.6 Å². The number of ether oxygens (including phenoxy) is 1. The second-order valence-electron chi connectivity index (χ2n) is 6.47. The molecule has 1 aliphatic carbocycles. The molecule has 1 heterocycles. The van der Waals surface area contributed by atoms with E-state index in [-0.39, 0.29) is 12.5 Å². The van der Waals surface area contributed by atoms with Crippen LogP contribution in [0.3, 0.4) is 0 Å². The van der Waals surface area contributed by atoms with E-state index in [1.54, 1.807) is 11.8 Å². The van der Waals surface area contributed by atoms with Gasteiger partial charge in [-0.25, -0.2) is 5.84 Å². The number of fused-ring (bicyclic) bond motifs is 2. The number of benzene rings is 1. The van der Waals surface area contributed by atoms with Crippen molar-refractivity contribution in [1.82, 2.24) is 9.91 Å². The lowest BCUT2D eigenvalue weighted by molar-refractivity contribution is -0.129. The van der Waals surface area contributed by atoms with Crippen LogP contribution in [-0.2, 0) is 20.9 Å². The highest BCUT2D eigenvalue weighted by Crippen LogP contribution is 2.36. The van der Waals surface area contributed by atoms with Crippen LogP contribution in [0.25, 0.3) is 5.70 Å². The van der Waals surface area contributed by atoms with Gasteiger partial charge in [0.15, 0.2) is 0 Å². The number of carbonyl (C=O) groups is 2. The first-order valence-corrected chi connectivity index (χ1v) is 8.89. The number of allylic oxidation sites excluding steroid dienone is 2. The van der Waals surface area contributed by atoms with Gasteiger partial charge in [-0.2, -0.15) is 0 Å². The molecule has 0 aromatic heterocycles. The van der Waals surface area contributed by atoms with Crippen LogP contribution in [0.15, 0.2) is 53.4 Å². The smallest absolute Gasteiger partial charge is 0.293 e. The predicted octanol–water partition coefficient (Wildman–Crippen LogP) is 1.63. The van der Waals surface area contributed by atoms with Gasteiger partial charge in [-0.15, -0.1) is 0 Å². The van der Waals surface area contributed by atoms with E-state index in [1.165, 1.54) is 5.01 Å². The van der Waals surface area contributed by atoms with Crippen molar-refractivity contribution in [3.05, 3.63) is 64.5 Å². The quantitative estimate of drug-likeness (QED) is 0.354. The summed E-state index contributed by atoms with van der Waals surface area (Å²) in [5.41, 5.74) is 11.2. The fourth-order valence-corrected chi connectivity index (χ4v) is 3.48. The van der Waals surface area contributed by atoms with Crippen molar-refractivity contribution in [3.8, 4) is 0 Å². The third-order valence-electron chi connectivity index (χ3n) is 4.75. The molecule has 0 bridgehead atoms. The molecule has 3 rings (SSSR count). The van der Waals surface area contributed by atoms with E-state index in [9.17, 15) is 9.59 Å². The molecule has 0 saturated carbocycles. The number of hydrogen-bond donors (Lipinski definition) is 2. The normalized spacial score (nSPS) is 19.0. The molecule has 0 radical (unpaired) electrons. The molecule has 0 saturated heterocycles. The summed E-state index contributed by atoms with van der Waals surface area (Å²) in [6, 6.07) is 7.74. The second kappa shape index (κ2) is 8.09. The van der Waals surface area contributed by atoms with Gasteiger partial charge in [-0.1, -0.05) is 36.4 Å². The molecule has 7 nitrogen and oxygen atoms in total. The van der Waals surface area contributed by atoms with Crippen molar-refractivity contribution in [3.63, 3.8) is 0 Å². The maximum absolute atomic E-state index is 12.3. The topological polar surface area (TPSA) is 102 Å². The number of carbonyl (C=O) groups excluding carboxylic acids is 2. The molecular weight excluding hydrogens is 344 g/mol. The first kappa shape index (κ1) is 18.7. The predicted molar refractivity (Wildman–Crippen MR) is 102 cm³/mol. The molecule has 1 aromatic rings. The summed E-state index contributed by atoms with van der Waals surface area (Å²) >= 11 is 0. The molecular formula is C20H24N4O3. The first-order chi connectivity index (χ1) is 13.0. The van der Waals surface area contributed by atoms with Crippen LogP contribution in [0.1, 0.15) is 30.9 Å². The van der Waals surface area contributed by atoms with Crippen LogP contribution in [-0.4, -0.2) is 35.4 Å². The Morgan fingerprint density at radius 1 is 1.30 bits per heavy atom. The maximum atomic E-state index is 12.3. The molecule has 7 heteroatoms. The average Bonchev–Trinajstić information content (AvgIpc) is 2.66. The molecule has 4 N–H and O–H groups in total. The van der Waals surface area contributed by atoms with Gasteiger partial charge >= 0.3 is 0 Å². The zero-order valence-corrected chi connectivity index (χ0v) is 15.4. The van der Waals surface area contributed by atoms with Gasteiger partial charge < -0.3 is 20.4 Å². The summed E-state index contributed by atoms with van der Waals surface area (Å²) in [6.07, 6.45) is 5.79. The highest BCUT2D eigenvalue weighted by molar-refractivity contribution is 5.81. The summed E-state index contributed by atoms with van der Waals surface area (Å²) in [6.45, 7) is 2.84. The SMILES string of the molecule is CC(=O)N1Cc2ccccc2/C(N(N)CCOC=O)=C(/N)C2=CCCC=C21. The van der Waals surface area contributed by atoms with E-state index in [0.717, 1.165) is 35.2 Å². The minimum atomic E-state index is -0.0379. The monoisotopic (exact) mass is 368 g/mol. The van der Waals surface area contributed by atoms with Crippen molar-refractivity contribution in [2.75, 3.05) is 13.2 Å². The van der Waals surface area contributed by atoms with Crippen LogP contribution in [0.4, 0.5) is 0 Å². The number of hydrogen-bond acceptors (Lipinski definition) is 6. The average molecular weight is 368 g/mol. The molecule has 27 heavy (non-hydrogen) atoms. The molecule has 1 amide bonds. The van der Waals surface area contributed by atoms with Gasteiger partial charge in [0.25, 0.3) is 6.47 Å². The van der Waals surface area contributed by atoms with Crippen molar-refractivity contribution >= 4 is 18.1 Å². The lowest BCUT2D eigenvalue weighted by atomic mass is 9.91. The molecule has 0 fully saturated rings. The first-order valence-electron chi connectivity index (χ1n) is 8.89. The maximum Gasteiger partial charge on any atom is 0.293 e. The lowest BCUT2D eigenvalue weighted by Crippen LogP contribution is -2.38. The highest BCUT2D eigenvalue weighted by Gasteiger charge is 2.29. The molecule has 1 aromatic carbocycles. The van der Waals surface area contributed by atoms with E-state index in [1.807, 2.05) is 36.4 Å². The number of amides is 1. The van der Waals surface area contributed by atoms with Crippen LogP contribution >= 0.6 is 0 Å². The van der Waals surface area contributed by atoms with E-state index in [4.69, 9.17) is 16.3 Å². The Kier molecular flexibility index (Phi) is 5.61. The number of nitrogens with two attached hydrogens (primary N) is 2. The van der Waals surface area contributed by atoms with Crippen molar-refractivity contribution in [2.45, 2.75) is 26.3 Å². The Labute approximate surface area is 158 Å². The summed E-state index contributed by atoms with van der Waals surface area (Å²) in [5.74, 6) is 6.27. The highest BCUT2D eigenvalue weighted by atomic mass is 16.5. The minimum Gasteiger partial charge on any atom is -0.466 e. The minimum absolute atomic E-state index is 0.0379. The van der Waals surface area contributed by atoms with Crippen LogP contribution in [0.2, 0.25) is 0 Å². The zero-order chi connectivity index (χ0) is 19.4. The van der Waals surface area contributed by atoms with E-state index < -0.39 is 0 Å². The Hall–Kier alpha value is -3.06. The molecule has 0 atom stereocenters. The van der Waals surface area contributed by atoms with Crippen LogP contribution in [0, 0.1) is 0 Å². The second-order valence-corrected chi connectivity index (χ2v) is 6.47. The third kappa shape index (κ3) is 3.73. The van der Waals surface area contributed by atoms with Gasteiger partial charge in [0.1, 0.15) is 6.61 Å². The molecule has 142 valence electrons. The molecule has 0 spiro atoms. The largest absolute Gasteiger partial charge is 0.466 e. The number of hydrazine groups is 1. The van der Waals surface area contributed by atoms with Crippen molar-refractivity contribution in [1.29, 1.82) is 0 Å². The Morgan fingerprint density at radius 3 is 2.78 bits per heavy atom.